The van der Waals surface area contributed by atoms with Crippen LogP contribution >= 0.6 is 11.3 Å². The van der Waals surface area contributed by atoms with Crippen molar-refractivity contribution in [1.82, 2.24) is 25.7 Å². The molecule has 12 nitrogen and oxygen atoms in total. The minimum atomic E-state index is -0.574. The molecule has 2 saturated heterocycles. The van der Waals surface area contributed by atoms with Gasteiger partial charge in [0, 0.05) is 53.5 Å². The van der Waals surface area contributed by atoms with Crippen molar-refractivity contribution >= 4 is 40.0 Å². The predicted molar refractivity (Wildman–Crippen MR) is 167 cm³/mol. The van der Waals surface area contributed by atoms with Crippen LogP contribution in [0.4, 0.5) is 0 Å². The highest BCUT2D eigenvalue weighted by Crippen LogP contribution is 2.23. The van der Waals surface area contributed by atoms with Crippen LogP contribution in [0.25, 0.3) is 10.9 Å². The molecule has 2 aliphatic heterocycles. The van der Waals surface area contributed by atoms with Crippen molar-refractivity contribution in [2.24, 2.45) is 17.6 Å². The molecule has 5 N–H and O–H groups in total. The second-order valence-electron chi connectivity index (χ2n) is 11.0. The molecule has 0 spiro atoms. The van der Waals surface area contributed by atoms with E-state index in [-0.39, 0.29) is 17.7 Å². The smallest absolute Gasteiger partial charge is 0.251 e. The highest BCUT2D eigenvalue weighted by Gasteiger charge is 2.38. The van der Waals surface area contributed by atoms with Gasteiger partial charge in [0.25, 0.3) is 5.91 Å². The zero-order valence-electron chi connectivity index (χ0n) is 24.8. The number of fused-ring (bicyclic) bond motifs is 1. The molecule has 6 rings (SSSR count). The van der Waals surface area contributed by atoms with E-state index in [0.29, 0.717) is 50.8 Å². The molecule has 2 aromatic carbocycles. The van der Waals surface area contributed by atoms with Crippen molar-refractivity contribution in [2.45, 2.75) is 32.5 Å². The summed E-state index contributed by atoms with van der Waals surface area (Å²) in [4.78, 5) is 46.5. The van der Waals surface area contributed by atoms with Crippen molar-refractivity contribution in [3.05, 3.63) is 88.0 Å². The standard InChI is InChI=1S/C27H27N5O4S.C5H9NO2/c1-17-12-19(21-4-2-3-5-23(21)29-17)16-36-20-8-6-18(7-9-20)26(33)30-24-14-32(13-22(24)27(34)31-35)15-25-28-10-11-37-25;6-5(7)4-1-2-8-3-4/h2-12,22,24,35H,13-16H2,1H3,(H,30,33)(H,31,34);4H,1-3H2,(H2,6,7)/t22-,24+;/m0./s1. The van der Waals surface area contributed by atoms with Crippen LogP contribution in [0.3, 0.4) is 0 Å². The fourth-order valence-corrected chi connectivity index (χ4v) is 6.08. The lowest BCUT2D eigenvalue weighted by Gasteiger charge is -2.18. The molecule has 2 fully saturated rings. The van der Waals surface area contributed by atoms with E-state index in [1.54, 1.807) is 35.9 Å². The Morgan fingerprint density at radius 2 is 1.96 bits per heavy atom. The van der Waals surface area contributed by atoms with Gasteiger partial charge in [-0.05, 0) is 49.7 Å². The van der Waals surface area contributed by atoms with Crippen molar-refractivity contribution in [3.63, 3.8) is 0 Å². The van der Waals surface area contributed by atoms with Gasteiger partial charge in [0.15, 0.2) is 0 Å². The lowest BCUT2D eigenvalue weighted by atomic mass is 10.0. The largest absolute Gasteiger partial charge is 0.489 e. The number of nitrogens with two attached hydrogens (primary N) is 1. The lowest BCUT2D eigenvalue weighted by molar-refractivity contribution is -0.133. The normalized spacial score (nSPS) is 19.5. The maximum absolute atomic E-state index is 13.0. The Bertz CT molecular complexity index is 1610. The average Bonchev–Trinajstić information content (AvgIpc) is 3.84. The summed E-state index contributed by atoms with van der Waals surface area (Å²) in [6.45, 7) is 5.02. The number of hydrogen-bond acceptors (Lipinski definition) is 10. The summed E-state index contributed by atoms with van der Waals surface area (Å²) in [5, 5.41) is 16.0. The Labute approximate surface area is 264 Å². The summed E-state index contributed by atoms with van der Waals surface area (Å²) in [5.74, 6) is -0.996. The summed E-state index contributed by atoms with van der Waals surface area (Å²) in [6, 6.07) is 16.4. The van der Waals surface area contributed by atoms with Crippen LogP contribution in [0.5, 0.6) is 5.75 Å². The topological polar surface area (TPSA) is 169 Å². The molecule has 45 heavy (non-hydrogen) atoms. The summed E-state index contributed by atoms with van der Waals surface area (Å²) in [7, 11) is 0. The van der Waals surface area contributed by atoms with Crippen molar-refractivity contribution in [3.8, 4) is 5.75 Å². The maximum atomic E-state index is 13.0. The number of hydrogen-bond donors (Lipinski definition) is 4. The first-order valence-corrected chi connectivity index (χ1v) is 15.5. The number of rotatable bonds is 9. The molecular formula is C32H36N6O6S. The van der Waals surface area contributed by atoms with Crippen molar-refractivity contribution in [2.75, 3.05) is 26.3 Å². The maximum Gasteiger partial charge on any atom is 0.251 e. The van der Waals surface area contributed by atoms with Crippen LogP contribution in [0.2, 0.25) is 0 Å². The number of para-hydroxylation sites is 1. The second-order valence-corrected chi connectivity index (χ2v) is 12.0. The van der Waals surface area contributed by atoms with E-state index < -0.39 is 17.9 Å². The summed E-state index contributed by atoms with van der Waals surface area (Å²) in [6.07, 6.45) is 2.54. The van der Waals surface area contributed by atoms with Crippen LogP contribution in [0.1, 0.15) is 33.0 Å². The van der Waals surface area contributed by atoms with Gasteiger partial charge in [-0.15, -0.1) is 11.3 Å². The monoisotopic (exact) mass is 632 g/mol. The molecule has 4 aromatic rings. The lowest BCUT2D eigenvalue weighted by Crippen LogP contribution is -2.45. The molecule has 3 atom stereocenters. The van der Waals surface area contributed by atoms with Crippen molar-refractivity contribution < 1.29 is 29.1 Å². The van der Waals surface area contributed by atoms with Gasteiger partial charge in [0.1, 0.15) is 17.4 Å². The number of aryl methyl sites for hydroxylation is 1. The first-order chi connectivity index (χ1) is 21.8. The summed E-state index contributed by atoms with van der Waals surface area (Å²) >= 11 is 1.54. The molecule has 0 bridgehead atoms. The Balaban J connectivity index is 0.000000436. The minimum absolute atomic E-state index is 0.0185. The van der Waals surface area contributed by atoms with E-state index in [4.69, 9.17) is 15.2 Å². The molecule has 0 radical (unpaired) electrons. The number of nitrogens with zero attached hydrogens (tertiary/aromatic N) is 3. The third kappa shape index (κ3) is 8.39. The molecule has 236 valence electrons. The molecule has 13 heteroatoms. The number of ether oxygens (including phenoxy) is 2. The Hall–Kier alpha value is -4.43. The Morgan fingerprint density at radius 1 is 1.16 bits per heavy atom. The third-order valence-corrected chi connectivity index (χ3v) is 8.54. The second kappa shape index (κ2) is 15.0. The fourth-order valence-electron chi connectivity index (χ4n) is 5.42. The number of amides is 3. The number of carbonyl (C=O) groups is 3. The van der Waals surface area contributed by atoms with E-state index in [0.717, 1.165) is 33.6 Å². The fraction of sp³-hybridized carbons (Fsp3) is 0.344. The van der Waals surface area contributed by atoms with Gasteiger partial charge in [0.2, 0.25) is 11.8 Å². The molecule has 1 unspecified atom stereocenters. The van der Waals surface area contributed by atoms with Gasteiger partial charge in [-0.25, -0.2) is 10.5 Å². The van der Waals surface area contributed by atoms with Gasteiger partial charge >= 0.3 is 0 Å². The molecule has 0 aliphatic carbocycles. The minimum Gasteiger partial charge on any atom is -0.489 e. The highest BCUT2D eigenvalue weighted by atomic mass is 32.1. The van der Waals surface area contributed by atoms with E-state index in [1.165, 1.54) is 11.3 Å². The predicted octanol–water partition coefficient (Wildman–Crippen LogP) is 2.82. The highest BCUT2D eigenvalue weighted by molar-refractivity contribution is 7.09. The molecule has 4 heterocycles. The van der Waals surface area contributed by atoms with Gasteiger partial charge in [0.05, 0.1) is 36.5 Å². The summed E-state index contributed by atoms with van der Waals surface area (Å²) < 4.78 is 10.9. The van der Waals surface area contributed by atoms with Crippen LogP contribution in [-0.4, -0.2) is 70.1 Å². The van der Waals surface area contributed by atoms with Crippen LogP contribution in [0, 0.1) is 18.8 Å². The SMILES string of the molecule is Cc1cc(COc2ccc(C(=O)N[C@@H]3CN(Cc4nccs4)C[C@@H]3C(=O)NO)cc2)c2ccccc2n1.NC(=O)C1CCOC1. The number of aromatic nitrogens is 2. The molecular weight excluding hydrogens is 596 g/mol. The van der Waals surface area contributed by atoms with Gasteiger partial charge in [-0.2, -0.15) is 0 Å². The number of hydroxylamine groups is 1. The quantitative estimate of drug-likeness (QED) is 0.160. The Morgan fingerprint density at radius 3 is 2.62 bits per heavy atom. The number of pyridine rings is 1. The zero-order valence-corrected chi connectivity index (χ0v) is 25.7. The Kier molecular flexibility index (Phi) is 10.7. The van der Waals surface area contributed by atoms with Gasteiger partial charge in [-0.1, -0.05) is 18.2 Å². The number of benzene rings is 2. The zero-order chi connectivity index (χ0) is 31.8. The average molecular weight is 633 g/mol. The molecule has 3 amide bonds. The number of likely N-dealkylation sites (tertiary alicyclic amines) is 1. The van der Waals surface area contributed by atoms with E-state index in [1.807, 2.05) is 47.5 Å². The summed E-state index contributed by atoms with van der Waals surface area (Å²) in [5.41, 5.74) is 10.1. The van der Waals surface area contributed by atoms with Gasteiger partial charge < -0.3 is 20.5 Å². The third-order valence-electron chi connectivity index (χ3n) is 7.77. The number of nitrogens with one attached hydrogen (secondary N) is 2. The first kappa shape index (κ1) is 32.0. The van der Waals surface area contributed by atoms with Crippen LogP contribution in [0.15, 0.2) is 66.2 Å². The first-order valence-electron chi connectivity index (χ1n) is 14.6. The van der Waals surface area contributed by atoms with E-state index >= 15 is 0 Å². The molecule has 0 saturated carbocycles. The van der Waals surface area contributed by atoms with E-state index in [9.17, 15) is 19.6 Å². The van der Waals surface area contributed by atoms with Gasteiger partial charge in [-0.3, -0.25) is 29.5 Å². The number of thiazole rings is 1. The molecule has 2 aliphatic rings. The molecule has 2 aromatic heterocycles. The van der Waals surface area contributed by atoms with Crippen LogP contribution in [-0.2, 0) is 27.5 Å². The number of carbonyl (C=O) groups excluding carboxylic acids is 3. The van der Waals surface area contributed by atoms with E-state index in [2.05, 4.69) is 15.3 Å². The van der Waals surface area contributed by atoms with Crippen molar-refractivity contribution in [1.29, 1.82) is 0 Å². The van der Waals surface area contributed by atoms with Crippen LogP contribution < -0.4 is 21.3 Å². The number of primary amides is 1.